The number of anilines is 2. The standard InChI is InChI=1S/C18H19ClN2O4S/c1-13(22)14-6-5-7-15(12-14)21(26(2,24)25)11-10-18(23)20-17-9-4-3-8-16(17)19/h3-9,12H,10-11H2,1-2H3,(H,20,23). The van der Waals surface area contributed by atoms with Crippen molar-refractivity contribution in [3.63, 3.8) is 0 Å². The van der Waals surface area contributed by atoms with Crippen molar-refractivity contribution in [3.8, 4) is 0 Å². The Balaban J connectivity index is 2.14. The third-order valence-corrected chi connectivity index (χ3v) is 5.15. The van der Waals surface area contributed by atoms with Crippen LogP contribution in [0.5, 0.6) is 0 Å². The number of para-hydroxylation sites is 1. The fourth-order valence-corrected chi connectivity index (χ4v) is 3.45. The third-order valence-electron chi connectivity index (χ3n) is 3.63. The number of halogens is 1. The van der Waals surface area contributed by atoms with E-state index < -0.39 is 10.0 Å². The van der Waals surface area contributed by atoms with Crippen LogP contribution in [0.1, 0.15) is 23.7 Å². The van der Waals surface area contributed by atoms with Crippen LogP contribution in [0.4, 0.5) is 11.4 Å². The monoisotopic (exact) mass is 394 g/mol. The van der Waals surface area contributed by atoms with Crippen LogP contribution >= 0.6 is 11.6 Å². The van der Waals surface area contributed by atoms with E-state index in [-0.39, 0.29) is 24.7 Å². The van der Waals surface area contributed by atoms with Gasteiger partial charge in [0.2, 0.25) is 15.9 Å². The molecule has 0 aromatic heterocycles. The number of ketones is 1. The molecule has 0 aliphatic carbocycles. The molecule has 0 bridgehead atoms. The summed E-state index contributed by atoms with van der Waals surface area (Å²) in [7, 11) is -3.62. The zero-order valence-electron chi connectivity index (χ0n) is 14.4. The molecule has 0 radical (unpaired) electrons. The van der Waals surface area contributed by atoms with Crippen molar-refractivity contribution in [3.05, 3.63) is 59.1 Å². The Hall–Kier alpha value is -2.38. The number of hydrogen-bond donors (Lipinski definition) is 1. The molecule has 8 heteroatoms. The number of sulfonamides is 1. The van der Waals surface area contributed by atoms with Gasteiger partial charge < -0.3 is 5.32 Å². The summed E-state index contributed by atoms with van der Waals surface area (Å²) < 4.78 is 25.4. The molecule has 0 saturated heterocycles. The number of nitrogens with zero attached hydrogens (tertiary/aromatic N) is 1. The average molecular weight is 395 g/mol. The maximum Gasteiger partial charge on any atom is 0.232 e. The van der Waals surface area contributed by atoms with Crippen LogP contribution < -0.4 is 9.62 Å². The molecule has 0 heterocycles. The van der Waals surface area contributed by atoms with Crippen molar-refractivity contribution in [2.45, 2.75) is 13.3 Å². The lowest BCUT2D eigenvalue weighted by Crippen LogP contribution is -2.33. The Morgan fingerprint density at radius 3 is 2.42 bits per heavy atom. The smallest absolute Gasteiger partial charge is 0.232 e. The van der Waals surface area contributed by atoms with Crippen LogP contribution in [-0.2, 0) is 14.8 Å². The minimum atomic E-state index is -3.62. The Labute approximate surface area is 157 Å². The van der Waals surface area contributed by atoms with Crippen molar-refractivity contribution in [1.29, 1.82) is 0 Å². The summed E-state index contributed by atoms with van der Waals surface area (Å²) in [5.74, 6) is -0.536. The van der Waals surface area contributed by atoms with Gasteiger partial charge in [0.25, 0.3) is 0 Å². The second-order valence-electron chi connectivity index (χ2n) is 5.72. The normalized spacial score (nSPS) is 11.0. The minimum absolute atomic E-state index is 0.0591. The Morgan fingerprint density at radius 1 is 1.12 bits per heavy atom. The maximum absolute atomic E-state index is 12.2. The Morgan fingerprint density at radius 2 is 1.81 bits per heavy atom. The summed E-state index contributed by atoms with van der Waals surface area (Å²) in [6, 6.07) is 13.1. The fraction of sp³-hybridized carbons (Fsp3) is 0.222. The van der Waals surface area contributed by atoms with E-state index in [0.29, 0.717) is 22.0 Å². The number of hydrogen-bond acceptors (Lipinski definition) is 4. The third kappa shape index (κ3) is 5.31. The molecule has 138 valence electrons. The van der Waals surface area contributed by atoms with Crippen molar-refractivity contribution in [2.24, 2.45) is 0 Å². The fourth-order valence-electron chi connectivity index (χ4n) is 2.34. The molecule has 0 unspecified atom stereocenters. The molecule has 6 nitrogen and oxygen atoms in total. The molecule has 2 rings (SSSR count). The topological polar surface area (TPSA) is 83.6 Å². The highest BCUT2D eigenvalue weighted by molar-refractivity contribution is 7.92. The van der Waals surface area contributed by atoms with E-state index in [1.807, 2.05) is 0 Å². The molecule has 2 aromatic rings. The van der Waals surface area contributed by atoms with Gasteiger partial charge in [0.1, 0.15) is 0 Å². The molecule has 2 aromatic carbocycles. The van der Waals surface area contributed by atoms with E-state index in [0.717, 1.165) is 10.6 Å². The van der Waals surface area contributed by atoms with Gasteiger partial charge in [-0.2, -0.15) is 0 Å². The number of amides is 1. The first-order valence-corrected chi connectivity index (χ1v) is 10.0. The van der Waals surface area contributed by atoms with Gasteiger partial charge in [-0.1, -0.05) is 35.9 Å². The van der Waals surface area contributed by atoms with Crippen LogP contribution in [0.15, 0.2) is 48.5 Å². The van der Waals surface area contributed by atoms with Gasteiger partial charge in [0, 0.05) is 18.5 Å². The number of carbonyl (C=O) groups is 2. The van der Waals surface area contributed by atoms with Gasteiger partial charge in [0.05, 0.1) is 22.7 Å². The summed E-state index contributed by atoms with van der Waals surface area (Å²) in [5.41, 5.74) is 1.20. The summed E-state index contributed by atoms with van der Waals surface area (Å²) in [6.45, 7) is 1.34. The molecule has 0 aliphatic heterocycles. The summed E-state index contributed by atoms with van der Waals surface area (Å²) in [5, 5.41) is 3.05. The predicted octanol–water partition coefficient (Wildman–Crippen LogP) is 3.34. The van der Waals surface area contributed by atoms with Crippen molar-refractivity contribution < 1.29 is 18.0 Å². The van der Waals surface area contributed by atoms with Gasteiger partial charge in [-0.3, -0.25) is 13.9 Å². The van der Waals surface area contributed by atoms with Crippen molar-refractivity contribution in [1.82, 2.24) is 0 Å². The molecular formula is C18H19ClN2O4S. The van der Waals surface area contributed by atoms with Gasteiger partial charge >= 0.3 is 0 Å². The molecule has 26 heavy (non-hydrogen) atoms. The van der Waals surface area contributed by atoms with Gasteiger partial charge in [-0.05, 0) is 31.2 Å². The lowest BCUT2D eigenvalue weighted by atomic mass is 10.1. The molecule has 0 fully saturated rings. The molecule has 1 amide bonds. The first-order chi connectivity index (χ1) is 12.2. The van der Waals surface area contributed by atoms with E-state index in [1.54, 1.807) is 42.5 Å². The average Bonchev–Trinajstić information content (AvgIpc) is 2.56. The lowest BCUT2D eigenvalue weighted by molar-refractivity contribution is -0.116. The van der Waals surface area contributed by atoms with Gasteiger partial charge in [-0.25, -0.2) is 8.42 Å². The largest absolute Gasteiger partial charge is 0.325 e. The van der Waals surface area contributed by atoms with Gasteiger partial charge in [-0.15, -0.1) is 0 Å². The summed E-state index contributed by atoms with van der Waals surface area (Å²) in [6.07, 6.45) is 0.988. The zero-order valence-corrected chi connectivity index (χ0v) is 16.0. The highest BCUT2D eigenvalue weighted by Gasteiger charge is 2.19. The Bertz CT molecular complexity index is 928. The van der Waals surface area contributed by atoms with E-state index in [4.69, 9.17) is 11.6 Å². The summed E-state index contributed by atoms with van der Waals surface area (Å²) >= 11 is 5.99. The zero-order chi connectivity index (χ0) is 19.3. The summed E-state index contributed by atoms with van der Waals surface area (Å²) in [4.78, 5) is 23.7. The number of benzene rings is 2. The van der Waals surface area contributed by atoms with Crippen LogP contribution in [0, 0.1) is 0 Å². The second kappa shape index (κ2) is 8.33. The van der Waals surface area contributed by atoms with E-state index >= 15 is 0 Å². The number of Topliss-reactive ketones (excluding diaryl/α,β-unsaturated/α-hetero) is 1. The van der Waals surface area contributed by atoms with E-state index in [1.165, 1.54) is 13.0 Å². The second-order valence-corrected chi connectivity index (χ2v) is 8.03. The Kier molecular flexibility index (Phi) is 6.39. The molecule has 0 spiro atoms. The van der Waals surface area contributed by atoms with E-state index in [2.05, 4.69) is 5.32 Å². The molecule has 1 N–H and O–H groups in total. The SMILES string of the molecule is CC(=O)c1cccc(N(CCC(=O)Nc2ccccc2Cl)S(C)(=O)=O)c1. The number of nitrogens with one attached hydrogen (secondary N) is 1. The van der Waals surface area contributed by atoms with E-state index in [9.17, 15) is 18.0 Å². The van der Waals surface area contributed by atoms with Crippen LogP contribution in [0.3, 0.4) is 0 Å². The van der Waals surface area contributed by atoms with Crippen molar-refractivity contribution in [2.75, 3.05) is 22.4 Å². The van der Waals surface area contributed by atoms with Gasteiger partial charge in [0.15, 0.2) is 5.78 Å². The lowest BCUT2D eigenvalue weighted by Gasteiger charge is -2.22. The molecule has 0 aliphatic rings. The van der Waals surface area contributed by atoms with Crippen LogP contribution in [0.25, 0.3) is 0 Å². The quantitative estimate of drug-likeness (QED) is 0.730. The molecule has 0 atom stereocenters. The maximum atomic E-state index is 12.2. The first kappa shape index (κ1) is 19.9. The highest BCUT2D eigenvalue weighted by Crippen LogP contribution is 2.22. The molecular weight excluding hydrogens is 376 g/mol. The highest BCUT2D eigenvalue weighted by atomic mass is 35.5. The minimum Gasteiger partial charge on any atom is -0.325 e. The number of rotatable bonds is 7. The number of carbonyl (C=O) groups excluding carboxylic acids is 2. The van der Waals surface area contributed by atoms with Crippen LogP contribution in [-0.4, -0.2) is 32.9 Å². The first-order valence-electron chi connectivity index (χ1n) is 7.81. The predicted molar refractivity (Wildman–Crippen MR) is 103 cm³/mol. The molecule has 0 saturated carbocycles. The van der Waals surface area contributed by atoms with Crippen molar-refractivity contribution >= 4 is 44.7 Å². The van der Waals surface area contributed by atoms with Crippen LogP contribution in [0.2, 0.25) is 5.02 Å².